The number of fused-ring (bicyclic) bond motifs is 1. The molecule has 0 unspecified atom stereocenters. The number of halogens is 3. The van der Waals surface area contributed by atoms with Gasteiger partial charge in [0.2, 0.25) is 0 Å². The number of H-pyrrole nitrogens is 1. The molecule has 0 bridgehead atoms. The molecule has 0 saturated carbocycles. The number of nitrogens with zero attached hydrogens (tertiary/aromatic N) is 2. The van der Waals surface area contributed by atoms with E-state index in [9.17, 15) is 4.39 Å². The van der Waals surface area contributed by atoms with Crippen molar-refractivity contribution in [3.8, 4) is 11.4 Å². The zero-order chi connectivity index (χ0) is 12.7. The average Bonchev–Trinajstić information content (AvgIpc) is 2.71. The van der Waals surface area contributed by atoms with Crippen LogP contribution in [-0.2, 0) is 0 Å². The third-order valence-electron chi connectivity index (χ3n) is 2.50. The number of pyridine rings is 1. The first kappa shape index (κ1) is 11.6. The van der Waals surface area contributed by atoms with Gasteiger partial charge in [-0.05, 0) is 34.1 Å². The minimum absolute atomic E-state index is 0.258. The lowest BCUT2D eigenvalue weighted by Crippen LogP contribution is -1.87. The number of aromatic amines is 1. The lowest BCUT2D eigenvalue weighted by molar-refractivity contribution is 0.630. The highest BCUT2D eigenvalue weighted by Crippen LogP contribution is 2.29. The molecule has 2 aromatic heterocycles. The highest BCUT2D eigenvalue weighted by molar-refractivity contribution is 9.10. The molecule has 3 aromatic rings. The molecule has 18 heavy (non-hydrogen) atoms. The summed E-state index contributed by atoms with van der Waals surface area (Å²) in [6, 6.07) is 6.35. The van der Waals surface area contributed by atoms with Crippen molar-refractivity contribution >= 4 is 38.7 Å². The predicted molar refractivity (Wildman–Crippen MR) is 72.0 cm³/mol. The summed E-state index contributed by atoms with van der Waals surface area (Å²) in [6.45, 7) is 0. The van der Waals surface area contributed by atoms with Crippen LogP contribution >= 0.6 is 27.5 Å². The summed E-state index contributed by atoms with van der Waals surface area (Å²) in [5.74, 6) is -0.0423. The summed E-state index contributed by atoms with van der Waals surface area (Å²) < 4.78 is 14.6. The van der Waals surface area contributed by atoms with E-state index in [2.05, 4.69) is 30.9 Å². The molecule has 1 aromatic carbocycles. The van der Waals surface area contributed by atoms with Gasteiger partial charge in [0, 0.05) is 10.7 Å². The zero-order valence-corrected chi connectivity index (χ0v) is 11.3. The van der Waals surface area contributed by atoms with Gasteiger partial charge in [-0.25, -0.2) is 14.4 Å². The molecule has 0 fully saturated rings. The maximum absolute atomic E-state index is 13.8. The molecule has 2 heterocycles. The summed E-state index contributed by atoms with van der Waals surface area (Å²) in [7, 11) is 0. The predicted octanol–water partition coefficient (Wildman–Crippen LogP) is 4.18. The Hall–Kier alpha value is -1.46. The van der Waals surface area contributed by atoms with Gasteiger partial charge < -0.3 is 4.98 Å². The molecular weight excluding hydrogens is 321 g/mol. The third-order valence-corrected chi connectivity index (χ3v) is 3.25. The van der Waals surface area contributed by atoms with Gasteiger partial charge in [0.05, 0.1) is 16.1 Å². The van der Waals surface area contributed by atoms with E-state index < -0.39 is 5.82 Å². The molecule has 0 aliphatic rings. The van der Waals surface area contributed by atoms with E-state index in [-0.39, 0.29) is 5.56 Å². The SMILES string of the molecule is Fc1cccc(Cl)c1-c1nc2ncc(Br)cc2[nH]1. The van der Waals surface area contributed by atoms with Gasteiger partial charge in [0.15, 0.2) is 5.65 Å². The van der Waals surface area contributed by atoms with Crippen LogP contribution in [0.25, 0.3) is 22.6 Å². The van der Waals surface area contributed by atoms with Crippen molar-refractivity contribution in [1.82, 2.24) is 15.0 Å². The highest BCUT2D eigenvalue weighted by atomic mass is 79.9. The summed E-state index contributed by atoms with van der Waals surface area (Å²) in [5, 5.41) is 0.313. The quantitative estimate of drug-likeness (QED) is 0.729. The second-order valence-electron chi connectivity index (χ2n) is 3.71. The van der Waals surface area contributed by atoms with Crippen molar-refractivity contribution in [1.29, 1.82) is 0 Å². The van der Waals surface area contributed by atoms with E-state index in [1.807, 2.05) is 6.07 Å². The van der Waals surface area contributed by atoms with Crippen LogP contribution < -0.4 is 0 Å². The van der Waals surface area contributed by atoms with Crippen LogP contribution in [-0.4, -0.2) is 15.0 Å². The number of aromatic nitrogens is 3. The second kappa shape index (κ2) is 4.33. The van der Waals surface area contributed by atoms with Gasteiger partial charge in [-0.15, -0.1) is 0 Å². The monoisotopic (exact) mass is 325 g/mol. The van der Waals surface area contributed by atoms with Crippen molar-refractivity contribution in [2.45, 2.75) is 0 Å². The Morgan fingerprint density at radius 1 is 1.33 bits per heavy atom. The number of nitrogens with one attached hydrogen (secondary N) is 1. The van der Waals surface area contributed by atoms with Crippen LogP contribution in [0.5, 0.6) is 0 Å². The Morgan fingerprint density at radius 2 is 2.17 bits per heavy atom. The Bertz CT molecular complexity index is 721. The fourth-order valence-electron chi connectivity index (χ4n) is 1.72. The van der Waals surface area contributed by atoms with Crippen LogP contribution in [0.15, 0.2) is 34.9 Å². The maximum Gasteiger partial charge on any atom is 0.178 e. The van der Waals surface area contributed by atoms with Crippen LogP contribution in [0.1, 0.15) is 0 Å². The molecule has 3 nitrogen and oxygen atoms in total. The minimum Gasteiger partial charge on any atom is -0.336 e. The molecule has 0 aliphatic carbocycles. The van der Waals surface area contributed by atoms with Gasteiger partial charge in [-0.2, -0.15) is 0 Å². The van der Waals surface area contributed by atoms with Gasteiger partial charge in [-0.1, -0.05) is 17.7 Å². The Labute approximate surface area is 115 Å². The Balaban J connectivity index is 2.26. The van der Waals surface area contributed by atoms with E-state index in [1.54, 1.807) is 18.3 Å². The first-order valence-electron chi connectivity index (χ1n) is 5.11. The molecule has 3 rings (SSSR count). The fraction of sp³-hybridized carbons (Fsp3) is 0. The standard InChI is InChI=1S/C12H6BrClFN3/c13-6-4-9-11(16-5-6)18-12(17-9)10-7(14)2-1-3-8(10)15/h1-5H,(H,16,17,18). The first-order chi connectivity index (χ1) is 8.65. The lowest BCUT2D eigenvalue weighted by Gasteiger charge is -2.01. The molecule has 0 aliphatic heterocycles. The maximum atomic E-state index is 13.8. The van der Waals surface area contributed by atoms with E-state index in [0.717, 1.165) is 9.99 Å². The number of benzene rings is 1. The largest absolute Gasteiger partial charge is 0.336 e. The molecule has 0 radical (unpaired) electrons. The second-order valence-corrected chi connectivity index (χ2v) is 5.03. The van der Waals surface area contributed by atoms with Crippen LogP contribution in [0.4, 0.5) is 4.39 Å². The molecular formula is C12H6BrClFN3. The number of imidazole rings is 1. The minimum atomic E-state index is -0.416. The molecule has 6 heteroatoms. The first-order valence-corrected chi connectivity index (χ1v) is 6.28. The number of hydrogen-bond acceptors (Lipinski definition) is 2. The van der Waals surface area contributed by atoms with Crippen LogP contribution in [0.2, 0.25) is 5.02 Å². The molecule has 90 valence electrons. The topological polar surface area (TPSA) is 41.6 Å². The van der Waals surface area contributed by atoms with Gasteiger partial charge in [-0.3, -0.25) is 0 Å². The summed E-state index contributed by atoms with van der Waals surface area (Å²) >= 11 is 9.31. The lowest BCUT2D eigenvalue weighted by atomic mass is 10.2. The van der Waals surface area contributed by atoms with Crippen molar-refractivity contribution in [3.63, 3.8) is 0 Å². The van der Waals surface area contributed by atoms with Crippen LogP contribution in [0, 0.1) is 5.82 Å². The molecule has 0 amide bonds. The number of hydrogen-bond donors (Lipinski definition) is 1. The normalized spacial score (nSPS) is 11.1. The summed E-state index contributed by atoms with van der Waals surface area (Å²) in [5.41, 5.74) is 1.50. The fourth-order valence-corrected chi connectivity index (χ4v) is 2.30. The van der Waals surface area contributed by atoms with E-state index in [4.69, 9.17) is 11.6 Å². The average molecular weight is 327 g/mol. The van der Waals surface area contributed by atoms with Crippen molar-refractivity contribution in [2.24, 2.45) is 0 Å². The van der Waals surface area contributed by atoms with Gasteiger partial charge in [0.25, 0.3) is 0 Å². The molecule has 1 N–H and O–H groups in total. The zero-order valence-electron chi connectivity index (χ0n) is 8.92. The molecule has 0 atom stereocenters. The van der Waals surface area contributed by atoms with Crippen molar-refractivity contribution in [2.75, 3.05) is 0 Å². The third kappa shape index (κ3) is 1.89. The van der Waals surface area contributed by atoms with E-state index in [0.29, 0.717) is 16.5 Å². The Morgan fingerprint density at radius 3 is 2.94 bits per heavy atom. The van der Waals surface area contributed by atoms with Gasteiger partial charge in [0.1, 0.15) is 11.6 Å². The smallest absolute Gasteiger partial charge is 0.178 e. The van der Waals surface area contributed by atoms with Crippen molar-refractivity contribution < 1.29 is 4.39 Å². The van der Waals surface area contributed by atoms with Crippen molar-refractivity contribution in [3.05, 3.63) is 45.8 Å². The van der Waals surface area contributed by atoms with Crippen LogP contribution in [0.3, 0.4) is 0 Å². The van der Waals surface area contributed by atoms with Gasteiger partial charge >= 0.3 is 0 Å². The van der Waals surface area contributed by atoms with E-state index in [1.165, 1.54) is 6.07 Å². The molecule has 0 saturated heterocycles. The van der Waals surface area contributed by atoms with E-state index >= 15 is 0 Å². The highest BCUT2D eigenvalue weighted by Gasteiger charge is 2.14. The number of rotatable bonds is 1. The summed E-state index contributed by atoms with van der Waals surface area (Å²) in [6.07, 6.45) is 1.63. The summed E-state index contributed by atoms with van der Waals surface area (Å²) in [4.78, 5) is 11.4. The Kier molecular flexibility index (Phi) is 2.80. The molecule has 0 spiro atoms.